The molecule has 1 atom stereocenters. The summed E-state index contributed by atoms with van der Waals surface area (Å²) in [6.07, 6.45) is 0. The summed E-state index contributed by atoms with van der Waals surface area (Å²) in [5.41, 5.74) is 3.36. The van der Waals surface area contributed by atoms with Crippen LogP contribution in [0.3, 0.4) is 0 Å². The smallest absolute Gasteiger partial charge is 0.127 e. The van der Waals surface area contributed by atoms with Crippen LogP contribution in [0.5, 0.6) is 0 Å². The normalized spacial score (nSPS) is 13.1. The maximum atomic E-state index is 6.22. The molecule has 0 aliphatic carbocycles. The fourth-order valence-electron chi connectivity index (χ4n) is 2.14. The van der Waals surface area contributed by atoms with Gasteiger partial charge in [0.05, 0.1) is 23.0 Å². The standard InChI is InChI=1S/C14H19ClN2O/c1-4-18-9-8-17-12-7-5-6-10(2)13(12)16-14(17)11(3)15/h5-7,11H,4,8-9H2,1-3H3. The second-order valence-electron chi connectivity index (χ2n) is 4.38. The van der Waals surface area contributed by atoms with E-state index in [1.165, 1.54) is 5.56 Å². The maximum absolute atomic E-state index is 6.22. The second-order valence-corrected chi connectivity index (χ2v) is 5.03. The molecular weight excluding hydrogens is 248 g/mol. The molecule has 4 heteroatoms. The molecule has 98 valence electrons. The number of imidazole rings is 1. The highest BCUT2D eigenvalue weighted by molar-refractivity contribution is 6.20. The van der Waals surface area contributed by atoms with E-state index in [0.29, 0.717) is 6.61 Å². The number of para-hydroxylation sites is 1. The van der Waals surface area contributed by atoms with Crippen molar-refractivity contribution in [2.75, 3.05) is 13.2 Å². The molecule has 0 bridgehead atoms. The monoisotopic (exact) mass is 266 g/mol. The maximum Gasteiger partial charge on any atom is 0.127 e. The lowest BCUT2D eigenvalue weighted by Crippen LogP contribution is -2.09. The minimum absolute atomic E-state index is 0.0987. The van der Waals surface area contributed by atoms with Crippen LogP contribution in [0.25, 0.3) is 11.0 Å². The molecule has 0 aliphatic heterocycles. The number of aryl methyl sites for hydroxylation is 1. The first kappa shape index (κ1) is 13.4. The van der Waals surface area contributed by atoms with Crippen molar-refractivity contribution in [3.8, 4) is 0 Å². The van der Waals surface area contributed by atoms with E-state index in [4.69, 9.17) is 16.3 Å². The van der Waals surface area contributed by atoms with Crippen LogP contribution in [0, 0.1) is 6.92 Å². The van der Waals surface area contributed by atoms with Crippen molar-refractivity contribution < 1.29 is 4.74 Å². The van der Waals surface area contributed by atoms with Crippen LogP contribution in [0.2, 0.25) is 0 Å². The van der Waals surface area contributed by atoms with Crippen LogP contribution in [0.15, 0.2) is 18.2 Å². The van der Waals surface area contributed by atoms with Gasteiger partial charge < -0.3 is 9.30 Å². The molecule has 0 fully saturated rings. The Labute approximate surface area is 113 Å². The number of hydrogen-bond acceptors (Lipinski definition) is 2. The summed E-state index contributed by atoms with van der Waals surface area (Å²) in [4.78, 5) is 4.67. The minimum atomic E-state index is -0.0987. The van der Waals surface area contributed by atoms with Gasteiger partial charge in [-0.2, -0.15) is 0 Å². The van der Waals surface area contributed by atoms with Crippen molar-refractivity contribution in [3.05, 3.63) is 29.6 Å². The number of hydrogen-bond donors (Lipinski definition) is 0. The Balaban J connectivity index is 2.46. The van der Waals surface area contributed by atoms with Crippen molar-refractivity contribution in [2.45, 2.75) is 32.7 Å². The number of ether oxygens (including phenoxy) is 1. The van der Waals surface area contributed by atoms with Crippen LogP contribution in [-0.4, -0.2) is 22.8 Å². The third-order valence-electron chi connectivity index (χ3n) is 3.03. The molecule has 0 amide bonds. The summed E-state index contributed by atoms with van der Waals surface area (Å²) in [5, 5.41) is -0.0987. The van der Waals surface area contributed by atoms with Crippen LogP contribution < -0.4 is 0 Å². The number of nitrogens with zero attached hydrogens (tertiary/aromatic N) is 2. The van der Waals surface area contributed by atoms with E-state index in [9.17, 15) is 0 Å². The molecule has 0 radical (unpaired) electrons. The highest BCUT2D eigenvalue weighted by Crippen LogP contribution is 2.26. The first-order chi connectivity index (χ1) is 8.65. The van der Waals surface area contributed by atoms with Gasteiger partial charge in [-0.05, 0) is 32.4 Å². The molecule has 18 heavy (non-hydrogen) atoms. The third-order valence-corrected chi connectivity index (χ3v) is 3.22. The molecule has 0 spiro atoms. The van der Waals surface area contributed by atoms with E-state index in [0.717, 1.165) is 30.0 Å². The van der Waals surface area contributed by atoms with Crippen molar-refractivity contribution >= 4 is 22.6 Å². The Morgan fingerprint density at radius 2 is 2.22 bits per heavy atom. The van der Waals surface area contributed by atoms with Gasteiger partial charge in [0.2, 0.25) is 0 Å². The molecule has 3 nitrogen and oxygen atoms in total. The Hall–Kier alpha value is -1.06. The molecule has 1 aromatic carbocycles. The fraction of sp³-hybridized carbons (Fsp3) is 0.500. The first-order valence-electron chi connectivity index (χ1n) is 6.32. The lowest BCUT2D eigenvalue weighted by molar-refractivity contribution is 0.139. The number of alkyl halides is 1. The van der Waals surface area contributed by atoms with Gasteiger partial charge in [-0.1, -0.05) is 12.1 Å². The van der Waals surface area contributed by atoms with Gasteiger partial charge in [0, 0.05) is 13.2 Å². The van der Waals surface area contributed by atoms with E-state index < -0.39 is 0 Å². The second kappa shape index (κ2) is 5.72. The zero-order chi connectivity index (χ0) is 13.1. The number of rotatable bonds is 5. The number of benzene rings is 1. The van der Waals surface area contributed by atoms with Gasteiger partial charge in [0.1, 0.15) is 5.82 Å². The molecule has 2 aromatic rings. The Bertz CT molecular complexity index is 534. The summed E-state index contributed by atoms with van der Waals surface area (Å²) in [6, 6.07) is 6.22. The molecule has 0 saturated heterocycles. The van der Waals surface area contributed by atoms with Gasteiger partial charge in [0.25, 0.3) is 0 Å². The SMILES string of the molecule is CCOCCn1c(C(C)Cl)nc2c(C)cccc21. The van der Waals surface area contributed by atoms with Crippen LogP contribution >= 0.6 is 11.6 Å². The Morgan fingerprint density at radius 3 is 2.89 bits per heavy atom. The number of halogens is 1. The van der Waals surface area contributed by atoms with E-state index in [1.807, 2.05) is 13.8 Å². The van der Waals surface area contributed by atoms with Crippen molar-refractivity contribution in [2.24, 2.45) is 0 Å². The van der Waals surface area contributed by atoms with E-state index in [2.05, 4.69) is 34.7 Å². The fourth-order valence-corrected chi connectivity index (χ4v) is 2.31. The molecule has 0 N–H and O–H groups in total. The molecule has 1 unspecified atom stereocenters. The molecule has 2 rings (SSSR count). The molecule has 1 heterocycles. The van der Waals surface area contributed by atoms with Gasteiger partial charge in [-0.25, -0.2) is 4.98 Å². The van der Waals surface area contributed by atoms with Crippen LogP contribution in [-0.2, 0) is 11.3 Å². The van der Waals surface area contributed by atoms with Crippen molar-refractivity contribution in [3.63, 3.8) is 0 Å². The summed E-state index contributed by atoms with van der Waals surface area (Å²) in [6.45, 7) is 8.24. The van der Waals surface area contributed by atoms with Gasteiger partial charge in [0.15, 0.2) is 0 Å². The van der Waals surface area contributed by atoms with E-state index in [-0.39, 0.29) is 5.38 Å². The lowest BCUT2D eigenvalue weighted by Gasteiger charge is -2.10. The summed E-state index contributed by atoms with van der Waals surface area (Å²) >= 11 is 6.22. The average Bonchev–Trinajstić information content (AvgIpc) is 2.70. The molecular formula is C14H19ClN2O. The predicted molar refractivity (Wildman–Crippen MR) is 75.2 cm³/mol. The number of aromatic nitrogens is 2. The highest BCUT2D eigenvalue weighted by atomic mass is 35.5. The summed E-state index contributed by atoms with van der Waals surface area (Å²) in [5.74, 6) is 0.917. The zero-order valence-corrected chi connectivity index (χ0v) is 11.9. The van der Waals surface area contributed by atoms with Gasteiger partial charge in [-0.15, -0.1) is 11.6 Å². The van der Waals surface area contributed by atoms with Crippen LogP contribution in [0.1, 0.15) is 30.6 Å². The summed E-state index contributed by atoms with van der Waals surface area (Å²) < 4.78 is 7.59. The van der Waals surface area contributed by atoms with E-state index >= 15 is 0 Å². The highest BCUT2D eigenvalue weighted by Gasteiger charge is 2.15. The first-order valence-corrected chi connectivity index (χ1v) is 6.76. The Morgan fingerprint density at radius 1 is 1.44 bits per heavy atom. The minimum Gasteiger partial charge on any atom is -0.380 e. The average molecular weight is 267 g/mol. The van der Waals surface area contributed by atoms with Gasteiger partial charge in [-0.3, -0.25) is 0 Å². The van der Waals surface area contributed by atoms with Crippen LogP contribution in [0.4, 0.5) is 0 Å². The number of fused-ring (bicyclic) bond motifs is 1. The quantitative estimate of drug-likeness (QED) is 0.610. The van der Waals surface area contributed by atoms with E-state index in [1.54, 1.807) is 0 Å². The van der Waals surface area contributed by atoms with Gasteiger partial charge >= 0.3 is 0 Å². The third kappa shape index (κ3) is 2.52. The molecule has 0 aliphatic rings. The zero-order valence-electron chi connectivity index (χ0n) is 11.1. The van der Waals surface area contributed by atoms with Crippen molar-refractivity contribution in [1.82, 2.24) is 9.55 Å². The Kier molecular flexibility index (Phi) is 4.25. The predicted octanol–water partition coefficient (Wildman–Crippen LogP) is 3.68. The lowest BCUT2D eigenvalue weighted by atomic mass is 10.2. The molecule has 0 saturated carbocycles. The largest absolute Gasteiger partial charge is 0.380 e. The topological polar surface area (TPSA) is 27.1 Å². The van der Waals surface area contributed by atoms with Crippen molar-refractivity contribution in [1.29, 1.82) is 0 Å². The summed E-state index contributed by atoms with van der Waals surface area (Å²) in [7, 11) is 0. The molecule has 1 aromatic heterocycles.